The van der Waals surface area contributed by atoms with Gasteiger partial charge in [-0.1, -0.05) is 0 Å². The number of rotatable bonds is 3. The second-order valence-electron chi connectivity index (χ2n) is 4.77. The van der Waals surface area contributed by atoms with Crippen molar-refractivity contribution in [2.24, 2.45) is 0 Å². The fraction of sp³-hybridized carbons (Fsp3) is 0.133. The fourth-order valence-corrected chi connectivity index (χ4v) is 2.16. The average molecular weight is 307 g/mol. The molecule has 1 aromatic heterocycles. The lowest BCUT2D eigenvalue weighted by Gasteiger charge is -2.10. The minimum absolute atomic E-state index is 0.0379. The molecule has 2 aromatic carbocycles. The Morgan fingerprint density at radius 1 is 1.23 bits per heavy atom. The van der Waals surface area contributed by atoms with Gasteiger partial charge in [-0.15, -0.1) is 0 Å². The number of hydrogen-bond donors (Lipinski definition) is 1. The number of ether oxygens (including phenoxy) is 1. The minimum Gasteiger partial charge on any atom is -0.457 e. The Balaban J connectivity index is 1.97. The molecule has 0 atom stereocenters. The van der Waals surface area contributed by atoms with Crippen molar-refractivity contribution in [3.8, 4) is 11.5 Å². The largest absolute Gasteiger partial charge is 0.457 e. The van der Waals surface area contributed by atoms with Crippen molar-refractivity contribution in [2.75, 3.05) is 5.73 Å². The number of benzene rings is 2. The van der Waals surface area contributed by atoms with Crippen LogP contribution in [0.1, 0.15) is 12.1 Å². The van der Waals surface area contributed by atoms with E-state index >= 15 is 0 Å². The molecule has 22 heavy (non-hydrogen) atoms. The van der Waals surface area contributed by atoms with E-state index in [-0.39, 0.29) is 11.3 Å². The standard InChI is InChI=1S/C15H12F3N3O/c1-8-13(5-3-10(19)14(8)16)22-9-2-4-12-11(6-9)20-7-21(12)15(17)18/h2-7,15H,19H2,1H3. The molecule has 0 aliphatic rings. The van der Waals surface area contributed by atoms with Crippen molar-refractivity contribution in [3.05, 3.63) is 48.0 Å². The predicted octanol–water partition coefficient (Wildman–Crippen LogP) is 4.25. The lowest BCUT2D eigenvalue weighted by Crippen LogP contribution is -1.97. The van der Waals surface area contributed by atoms with E-state index in [1.54, 1.807) is 13.0 Å². The Morgan fingerprint density at radius 2 is 2.00 bits per heavy atom. The Hall–Kier alpha value is -2.70. The molecule has 3 aromatic rings. The molecule has 4 nitrogen and oxygen atoms in total. The quantitative estimate of drug-likeness (QED) is 0.736. The number of nitrogens with zero attached hydrogens (tertiary/aromatic N) is 2. The summed E-state index contributed by atoms with van der Waals surface area (Å²) in [4.78, 5) is 3.91. The maximum atomic E-state index is 13.7. The van der Waals surface area contributed by atoms with Crippen LogP contribution >= 0.6 is 0 Å². The van der Waals surface area contributed by atoms with Crippen LogP contribution in [0.2, 0.25) is 0 Å². The van der Waals surface area contributed by atoms with Crippen LogP contribution in [-0.4, -0.2) is 9.55 Å². The lowest BCUT2D eigenvalue weighted by molar-refractivity contribution is 0.0746. The molecule has 0 fully saturated rings. The van der Waals surface area contributed by atoms with Gasteiger partial charge in [0, 0.05) is 11.6 Å². The summed E-state index contributed by atoms with van der Waals surface area (Å²) in [5.74, 6) is 0.138. The van der Waals surface area contributed by atoms with E-state index in [1.165, 1.54) is 24.3 Å². The third-order valence-electron chi connectivity index (χ3n) is 3.35. The van der Waals surface area contributed by atoms with Crippen molar-refractivity contribution in [2.45, 2.75) is 13.5 Å². The van der Waals surface area contributed by atoms with Gasteiger partial charge in [-0.2, -0.15) is 8.78 Å². The molecule has 0 amide bonds. The van der Waals surface area contributed by atoms with Gasteiger partial charge in [0.1, 0.15) is 17.8 Å². The first-order valence-electron chi connectivity index (χ1n) is 6.44. The summed E-state index contributed by atoms with van der Waals surface area (Å²) < 4.78 is 45.6. The SMILES string of the molecule is Cc1c(Oc2ccc3c(c2)ncn3C(F)F)ccc(N)c1F. The van der Waals surface area contributed by atoms with Gasteiger partial charge in [0.15, 0.2) is 5.82 Å². The molecule has 0 radical (unpaired) electrons. The summed E-state index contributed by atoms with van der Waals surface area (Å²) in [6.07, 6.45) is 1.06. The maximum absolute atomic E-state index is 13.7. The highest BCUT2D eigenvalue weighted by Crippen LogP contribution is 2.31. The smallest absolute Gasteiger partial charge is 0.320 e. The Kier molecular flexibility index (Phi) is 3.40. The number of imidazole rings is 1. The van der Waals surface area contributed by atoms with Crippen LogP contribution in [0.25, 0.3) is 11.0 Å². The highest BCUT2D eigenvalue weighted by atomic mass is 19.3. The average Bonchev–Trinajstić information content (AvgIpc) is 2.91. The van der Waals surface area contributed by atoms with Gasteiger partial charge >= 0.3 is 6.55 Å². The van der Waals surface area contributed by atoms with Crippen LogP contribution in [0, 0.1) is 12.7 Å². The Morgan fingerprint density at radius 3 is 2.73 bits per heavy atom. The third kappa shape index (κ3) is 2.34. The number of anilines is 1. The number of nitrogen functional groups attached to an aromatic ring is 1. The molecule has 0 unspecified atom stereocenters. The van der Waals surface area contributed by atoms with Crippen LogP contribution < -0.4 is 10.5 Å². The second kappa shape index (κ2) is 5.25. The van der Waals surface area contributed by atoms with Crippen molar-refractivity contribution >= 4 is 16.7 Å². The van der Waals surface area contributed by atoms with Gasteiger partial charge in [0.05, 0.1) is 16.7 Å². The van der Waals surface area contributed by atoms with Gasteiger partial charge in [-0.3, -0.25) is 4.57 Å². The number of nitrogens with two attached hydrogens (primary N) is 1. The zero-order chi connectivity index (χ0) is 15.9. The summed E-state index contributed by atoms with van der Waals surface area (Å²) in [6.45, 7) is -1.12. The number of halogens is 3. The fourth-order valence-electron chi connectivity index (χ4n) is 2.16. The predicted molar refractivity (Wildman–Crippen MR) is 76.6 cm³/mol. The summed E-state index contributed by atoms with van der Waals surface area (Å²) in [6, 6.07) is 7.47. The van der Waals surface area contributed by atoms with Gasteiger partial charge in [-0.25, -0.2) is 9.37 Å². The van der Waals surface area contributed by atoms with E-state index in [9.17, 15) is 13.2 Å². The summed E-state index contributed by atoms with van der Waals surface area (Å²) in [5, 5.41) is 0. The molecule has 0 saturated carbocycles. The highest BCUT2D eigenvalue weighted by Gasteiger charge is 2.13. The first-order valence-corrected chi connectivity index (χ1v) is 6.44. The Labute approximate surface area is 123 Å². The lowest BCUT2D eigenvalue weighted by atomic mass is 10.2. The normalized spacial score (nSPS) is 11.3. The summed E-state index contributed by atoms with van der Waals surface area (Å²) in [7, 11) is 0. The monoisotopic (exact) mass is 307 g/mol. The van der Waals surface area contributed by atoms with E-state index < -0.39 is 12.4 Å². The van der Waals surface area contributed by atoms with Crippen LogP contribution in [0.5, 0.6) is 11.5 Å². The molecule has 1 heterocycles. The van der Waals surface area contributed by atoms with Crippen LogP contribution in [-0.2, 0) is 0 Å². The number of hydrogen-bond acceptors (Lipinski definition) is 3. The molecule has 0 aliphatic heterocycles. The van der Waals surface area contributed by atoms with E-state index in [0.29, 0.717) is 22.5 Å². The number of fused-ring (bicyclic) bond motifs is 1. The van der Waals surface area contributed by atoms with Gasteiger partial charge in [-0.05, 0) is 31.2 Å². The van der Waals surface area contributed by atoms with Crippen LogP contribution in [0.15, 0.2) is 36.7 Å². The van der Waals surface area contributed by atoms with Gasteiger partial charge < -0.3 is 10.5 Å². The Bertz CT molecular complexity index is 845. The van der Waals surface area contributed by atoms with E-state index in [1.807, 2.05) is 0 Å². The van der Waals surface area contributed by atoms with Crippen molar-refractivity contribution in [1.29, 1.82) is 0 Å². The molecule has 0 aliphatic carbocycles. The molecule has 0 saturated heterocycles. The van der Waals surface area contributed by atoms with E-state index in [0.717, 1.165) is 10.9 Å². The molecule has 114 valence electrons. The number of alkyl halides is 2. The van der Waals surface area contributed by atoms with Gasteiger partial charge in [0.2, 0.25) is 0 Å². The van der Waals surface area contributed by atoms with Crippen molar-refractivity contribution in [3.63, 3.8) is 0 Å². The molecular weight excluding hydrogens is 295 g/mol. The molecule has 0 spiro atoms. The zero-order valence-corrected chi connectivity index (χ0v) is 11.6. The molecule has 2 N–H and O–H groups in total. The first-order chi connectivity index (χ1) is 10.5. The topological polar surface area (TPSA) is 53.1 Å². The molecule has 7 heteroatoms. The molecule has 3 rings (SSSR count). The minimum atomic E-state index is -2.66. The van der Waals surface area contributed by atoms with Crippen molar-refractivity contribution < 1.29 is 17.9 Å². The van der Waals surface area contributed by atoms with Crippen LogP contribution in [0.4, 0.5) is 18.9 Å². The van der Waals surface area contributed by atoms with Gasteiger partial charge in [0.25, 0.3) is 0 Å². The maximum Gasteiger partial charge on any atom is 0.320 e. The molecule has 0 bridgehead atoms. The second-order valence-corrected chi connectivity index (χ2v) is 4.77. The number of aromatic nitrogens is 2. The van der Waals surface area contributed by atoms with E-state index in [2.05, 4.69) is 4.98 Å². The first kappa shape index (κ1) is 14.2. The van der Waals surface area contributed by atoms with Crippen LogP contribution in [0.3, 0.4) is 0 Å². The summed E-state index contributed by atoms with van der Waals surface area (Å²) in [5.41, 5.74) is 6.45. The summed E-state index contributed by atoms with van der Waals surface area (Å²) >= 11 is 0. The van der Waals surface area contributed by atoms with Crippen molar-refractivity contribution in [1.82, 2.24) is 9.55 Å². The zero-order valence-electron chi connectivity index (χ0n) is 11.6. The molecular formula is C15H12F3N3O. The highest BCUT2D eigenvalue weighted by molar-refractivity contribution is 5.77. The third-order valence-corrected chi connectivity index (χ3v) is 3.35. The van der Waals surface area contributed by atoms with E-state index in [4.69, 9.17) is 10.5 Å².